The minimum absolute atomic E-state index is 0.0962. The fraction of sp³-hybridized carbons (Fsp3) is 0.889. The standard InChI is InChI=1S/C9H15NS/c1-9(2,7-10)8-3-5-11-6-4-8/h8H,3-6H2,1-2H3. The van der Waals surface area contributed by atoms with Crippen molar-refractivity contribution < 1.29 is 0 Å². The Morgan fingerprint density at radius 2 is 1.91 bits per heavy atom. The Balaban J connectivity index is 2.52. The molecule has 0 saturated carbocycles. The lowest BCUT2D eigenvalue weighted by Crippen LogP contribution is -2.25. The van der Waals surface area contributed by atoms with Crippen molar-refractivity contribution in [1.29, 1.82) is 5.26 Å². The van der Waals surface area contributed by atoms with E-state index in [-0.39, 0.29) is 5.41 Å². The van der Waals surface area contributed by atoms with Crippen LogP contribution in [-0.2, 0) is 0 Å². The molecule has 11 heavy (non-hydrogen) atoms. The summed E-state index contributed by atoms with van der Waals surface area (Å²) in [5.41, 5.74) is -0.0962. The van der Waals surface area contributed by atoms with Crippen molar-refractivity contribution in [3.63, 3.8) is 0 Å². The predicted molar refractivity (Wildman–Crippen MR) is 49.4 cm³/mol. The Hall–Kier alpha value is -0.160. The van der Waals surface area contributed by atoms with Crippen LogP contribution < -0.4 is 0 Å². The SMILES string of the molecule is CC(C)(C#N)C1CCSCC1. The number of hydrogen-bond acceptors (Lipinski definition) is 2. The highest BCUT2D eigenvalue weighted by Gasteiger charge is 2.30. The van der Waals surface area contributed by atoms with Gasteiger partial charge in [-0.1, -0.05) is 0 Å². The molecule has 1 fully saturated rings. The van der Waals surface area contributed by atoms with Gasteiger partial charge in [0, 0.05) is 0 Å². The summed E-state index contributed by atoms with van der Waals surface area (Å²) in [6.45, 7) is 4.13. The van der Waals surface area contributed by atoms with Gasteiger partial charge in [0.15, 0.2) is 0 Å². The topological polar surface area (TPSA) is 23.8 Å². The van der Waals surface area contributed by atoms with Gasteiger partial charge in [-0.25, -0.2) is 0 Å². The molecule has 0 bridgehead atoms. The largest absolute Gasteiger partial charge is 0.198 e. The van der Waals surface area contributed by atoms with Crippen LogP contribution in [0, 0.1) is 22.7 Å². The van der Waals surface area contributed by atoms with E-state index in [1.54, 1.807) is 0 Å². The molecule has 1 nitrogen and oxygen atoms in total. The fourth-order valence-electron chi connectivity index (χ4n) is 1.51. The number of thioether (sulfide) groups is 1. The van der Waals surface area contributed by atoms with E-state index in [4.69, 9.17) is 5.26 Å². The first-order valence-electron chi connectivity index (χ1n) is 4.16. The molecule has 0 aromatic carbocycles. The number of hydrogen-bond donors (Lipinski definition) is 0. The highest BCUT2D eigenvalue weighted by molar-refractivity contribution is 7.99. The average molecular weight is 169 g/mol. The maximum absolute atomic E-state index is 8.89. The summed E-state index contributed by atoms with van der Waals surface area (Å²) in [6, 6.07) is 2.40. The summed E-state index contributed by atoms with van der Waals surface area (Å²) < 4.78 is 0. The maximum atomic E-state index is 8.89. The van der Waals surface area contributed by atoms with Crippen molar-refractivity contribution in [1.82, 2.24) is 0 Å². The van der Waals surface area contributed by atoms with E-state index in [2.05, 4.69) is 19.9 Å². The van der Waals surface area contributed by atoms with Gasteiger partial charge in [-0.2, -0.15) is 17.0 Å². The van der Waals surface area contributed by atoms with Crippen molar-refractivity contribution >= 4 is 11.8 Å². The molecular formula is C9H15NS. The van der Waals surface area contributed by atoms with Gasteiger partial charge in [0.25, 0.3) is 0 Å². The van der Waals surface area contributed by atoms with E-state index in [9.17, 15) is 0 Å². The summed E-state index contributed by atoms with van der Waals surface area (Å²) in [5.74, 6) is 3.12. The Labute approximate surface area is 73.2 Å². The molecule has 0 radical (unpaired) electrons. The highest BCUT2D eigenvalue weighted by Crippen LogP contribution is 2.36. The molecule has 0 spiro atoms. The second kappa shape index (κ2) is 3.49. The van der Waals surface area contributed by atoms with Gasteiger partial charge in [0.05, 0.1) is 11.5 Å². The molecule has 1 aliphatic heterocycles. The zero-order valence-electron chi connectivity index (χ0n) is 7.26. The Morgan fingerprint density at radius 1 is 1.36 bits per heavy atom. The van der Waals surface area contributed by atoms with E-state index in [1.807, 2.05) is 11.8 Å². The van der Waals surface area contributed by atoms with Gasteiger partial charge in [0.2, 0.25) is 0 Å². The first kappa shape index (κ1) is 8.93. The van der Waals surface area contributed by atoms with Crippen LogP contribution in [0.1, 0.15) is 26.7 Å². The number of rotatable bonds is 1. The lowest BCUT2D eigenvalue weighted by molar-refractivity contribution is 0.275. The molecule has 1 rings (SSSR count). The summed E-state index contributed by atoms with van der Waals surface area (Å²) in [5, 5.41) is 8.89. The Kier molecular flexibility index (Phi) is 2.84. The third kappa shape index (κ3) is 2.13. The van der Waals surface area contributed by atoms with E-state index in [0.717, 1.165) is 0 Å². The second-order valence-corrected chi connectivity index (χ2v) is 4.94. The third-order valence-electron chi connectivity index (χ3n) is 2.53. The van der Waals surface area contributed by atoms with Gasteiger partial charge in [-0.15, -0.1) is 0 Å². The Bertz CT molecular complexity index is 163. The minimum atomic E-state index is -0.0962. The third-order valence-corrected chi connectivity index (χ3v) is 3.58. The van der Waals surface area contributed by atoms with Crippen LogP contribution in [-0.4, -0.2) is 11.5 Å². The summed E-state index contributed by atoms with van der Waals surface area (Å²) in [7, 11) is 0. The summed E-state index contributed by atoms with van der Waals surface area (Å²) >= 11 is 2.02. The Morgan fingerprint density at radius 3 is 2.36 bits per heavy atom. The number of nitrogens with zero attached hydrogens (tertiary/aromatic N) is 1. The molecular weight excluding hydrogens is 154 g/mol. The molecule has 0 aliphatic carbocycles. The smallest absolute Gasteiger partial charge is 0.0686 e. The van der Waals surface area contributed by atoms with Crippen LogP contribution in [0.3, 0.4) is 0 Å². The van der Waals surface area contributed by atoms with E-state index in [0.29, 0.717) is 5.92 Å². The van der Waals surface area contributed by atoms with Crippen molar-refractivity contribution in [2.24, 2.45) is 11.3 Å². The molecule has 1 saturated heterocycles. The summed E-state index contributed by atoms with van der Waals surface area (Å²) in [6.07, 6.45) is 2.45. The molecule has 0 amide bonds. The number of nitriles is 1. The highest BCUT2D eigenvalue weighted by atomic mass is 32.2. The van der Waals surface area contributed by atoms with Crippen LogP contribution in [0.2, 0.25) is 0 Å². The lowest BCUT2D eigenvalue weighted by atomic mass is 9.77. The van der Waals surface area contributed by atoms with E-state index in [1.165, 1.54) is 24.3 Å². The molecule has 62 valence electrons. The quantitative estimate of drug-likeness (QED) is 0.602. The van der Waals surface area contributed by atoms with Gasteiger partial charge < -0.3 is 0 Å². The molecule has 0 aromatic heterocycles. The van der Waals surface area contributed by atoms with Gasteiger partial charge in [-0.05, 0) is 44.1 Å². The molecule has 0 atom stereocenters. The van der Waals surface area contributed by atoms with Crippen molar-refractivity contribution in [3.8, 4) is 6.07 Å². The molecule has 0 aromatic rings. The lowest BCUT2D eigenvalue weighted by Gasteiger charge is -2.30. The molecule has 0 unspecified atom stereocenters. The van der Waals surface area contributed by atoms with Crippen molar-refractivity contribution in [3.05, 3.63) is 0 Å². The first-order valence-corrected chi connectivity index (χ1v) is 5.31. The van der Waals surface area contributed by atoms with Crippen LogP contribution in [0.5, 0.6) is 0 Å². The van der Waals surface area contributed by atoms with Crippen LogP contribution in [0.4, 0.5) is 0 Å². The predicted octanol–water partition coefficient (Wildman–Crippen LogP) is 2.68. The minimum Gasteiger partial charge on any atom is -0.198 e. The van der Waals surface area contributed by atoms with E-state index < -0.39 is 0 Å². The van der Waals surface area contributed by atoms with Crippen LogP contribution in [0.15, 0.2) is 0 Å². The molecule has 1 heterocycles. The van der Waals surface area contributed by atoms with Gasteiger partial charge in [-0.3, -0.25) is 0 Å². The first-order chi connectivity index (χ1) is 5.17. The van der Waals surface area contributed by atoms with Crippen molar-refractivity contribution in [2.75, 3.05) is 11.5 Å². The van der Waals surface area contributed by atoms with Crippen LogP contribution in [0.25, 0.3) is 0 Å². The van der Waals surface area contributed by atoms with E-state index >= 15 is 0 Å². The normalized spacial score (nSPS) is 21.2. The molecule has 1 aliphatic rings. The summed E-state index contributed by atoms with van der Waals surface area (Å²) in [4.78, 5) is 0. The maximum Gasteiger partial charge on any atom is 0.0686 e. The van der Waals surface area contributed by atoms with Crippen molar-refractivity contribution in [2.45, 2.75) is 26.7 Å². The average Bonchev–Trinajstić information content (AvgIpc) is 2.06. The fourth-order valence-corrected chi connectivity index (χ4v) is 2.62. The zero-order valence-corrected chi connectivity index (χ0v) is 8.08. The monoisotopic (exact) mass is 169 g/mol. The molecule has 0 N–H and O–H groups in total. The van der Waals surface area contributed by atoms with Gasteiger partial charge >= 0.3 is 0 Å². The second-order valence-electron chi connectivity index (χ2n) is 3.72. The van der Waals surface area contributed by atoms with Gasteiger partial charge in [0.1, 0.15) is 0 Å². The molecule has 2 heteroatoms. The zero-order chi connectivity index (χ0) is 8.32. The van der Waals surface area contributed by atoms with Crippen LogP contribution >= 0.6 is 11.8 Å².